The molecule has 0 bridgehead atoms. The summed E-state index contributed by atoms with van der Waals surface area (Å²) in [6.07, 6.45) is 7.73. The summed E-state index contributed by atoms with van der Waals surface area (Å²) in [5, 5.41) is 1.64. The van der Waals surface area contributed by atoms with Crippen molar-refractivity contribution in [3.05, 3.63) is 58.8 Å². The van der Waals surface area contributed by atoms with E-state index < -0.39 is 8.07 Å². The Bertz CT molecular complexity index is 763. The number of rotatable bonds is 7. The molecule has 27 heavy (non-hydrogen) atoms. The number of allylic oxidation sites excluding steroid dienone is 4. The number of hydrogen-bond donors (Lipinski definition) is 0. The van der Waals surface area contributed by atoms with Crippen LogP contribution in [0.4, 0.5) is 5.69 Å². The minimum Gasteiger partial charge on any atom is -0.489 e. The molecule has 0 spiro atoms. The van der Waals surface area contributed by atoms with E-state index in [0.29, 0.717) is 6.61 Å². The van der Waals surface area contributed by atoms with E-state index in [1.807, 2.05) is 6.08 Å². The van der Waals surface area contributed by atoms with E-state index in [4.69, 9.17) is 4.74 Å². The Balaban J connectivity index is 2.56. The van der Waals surface area contributed by atoms with Gasteiger partial charge in [-0.25, -0.2) is 0 Å². The van der Waals surface area contributed by atoms with Gasteiger partial charge in [-0.15, -0.1) is 0 Å². The fraction of sp³-hybridized carbons (Fsp3) is 0.500. The fourth-order valence-corrected chi connectivity index (χ4v) is 6.37. The number of ether oxygens (including phenoxy) is 1. The zero-order valence-electron chi connectivity index (χ0n) is 18.6. The molecule has 0 heterocycles. The third-order valence-corrected chi connectivity index (χ3v) is 8.72. The molecule has 0 fully saturated rings. The third-order valence-electron chi connectivity index (χ3n) is 5.37. The third kappa shape index (κ3) is 5.16. The Morgan fingerprint density at radius 3 is 2.37 bits per heavy atom. The summed E-state index contributed by atoms with van der Waals surface area (Å²) in [4.78, 5) is 2.20. The van der Waals surface area contributed by atoms with Gasteiger partial charge in [0.25, 0.3) is 0 Å². The van der Waals surface area contributed by atoms with Gasteiger partial charge in [0, 0.05) is 25.3 Å². The van der Waals surface area contributed by atoms with Gasteiger partial charge in [0.15, 0.2) is 0 Å². The van der Waals surface area contributed by atoms with Gasteiger partial charge in [0.1, 0.15) is 12.4 Å². The number of nitrogens with zero attached hydrogens (tertiary/aromatic N) is 1. The van der Waals surface area contributed by atoms with Crippen LogP contribution in [0.2, 0.25) is 13.1 Å². The molecule has 148 valence electrons. The maximum absolute atomic E-state index is 6.26. The topological polar surface area (TPSA) is 12.5 Å². The molecular formula is C24H37NOSi. The average molecular weight is 384 g/mol. The number of hydrogen-bond acceptors (Lipinski definition) is 2. The van der Waals surface area contributed by atoms with Crippen molar-refractivity contribution in [1.29, 1.82) is 0 Å². The van der Waals surface area contributed by atoms with Crippen LogP contribution >= 0.6 is 0 Å². The zero-order chi connectivity index (χ0) is 20.4. The number of anilines is 1. The fourth-order valence-electron chi connectivity index (χ4n) is 3.66. The first kappa shape index (κ1) is 21.6. The highest BCUT2D eigenvalue weighted by Gasteiger charge is 2.31. The van der Waals surface area contributed by atoms with E-state index >= 15 is 0 Å². The second-order valence-corrected chi connectivity index (χ2v) is 14.4. The lowest BCUT2D eigenvalue weighted by atomic mass is 9.84. The van der Waals surface area contributed by atoms with Gasteiger partial charge in [-0.2, -0.15) is 0 Å². The average Bonchev–Trinajstić information content (AvgIpc) is 2.99. The first-order chi connectivity index (χ1) is 12.5. The Labute approximate surface area is 167 Å². The molecule has 0 amide bonds. The molecule has 0 saturated carbocycles. The first-order valence-corrected chi connectivity index (χ1v) is 13.1. The lowest BCUT2D eigenvalue weighted by molar-refractivity contribution is 0.348. The predicted molar refractivity (Wildman–Crippen MR) is 123 cm³/mol. The number of benzene rings is 1. The Kier molecular flexibility index (Phi) is 6.46. The van der Waals surface area contributed by atoms with Crippen molar-refractivity contribution >= 4 is 13.8 Å². The molecular weight excluding hydrogens is 346 g/mol. The molecule has 0 aromatic heterocycles. The van der Waals surface area contributed by atoms with Crippen molar-refractivity contribution < 1.29 is 4.74 Å². The van der Waals surface area contributed by atoms with Crippen LogP contribution in [-0.4, -0.2) is 28.8 Å². The highest BCUT2D eigenvalue weighted by Crippen LogP contribution is 2.40. The van der Waals surface area contributed by atoms with Crippen molar-refractivity contribution in [2.75, 3.05) is 25.6 Å². The standard InChI is InChI=1S/C24H37NOSi/c1-10-13-26-23-19(17-27(8,9)21-12-11-18(2)14-21)15-20(25(6)7)16-22(23)24(3,4)5/h10-11,14-16H,1,12-13,17H2,2-9H3. The molecule has 1 aliphatic carbocycles. The second kappa shape index (κ2) is 8.10. The first-order valence-electron chi connectivity index (χ1n) is 9.92. The van der Waals surface area contributed by atoms with Crippen molar-refractivity contribution in [2.24, 2.45) is 0 Å². The molecule has 2 nitrogen and oxygen atoms in total. The summed E-state index contributed by atoms with van der Waals surface area (Å²) in [7, 11) is 2.65. The SMILES string of the molecule is C=CCOc1c(C[Si](C)(C)C2=CC(C)=CC2)cc(N(C)C)cc1C(C)(C)C. The van der Waals surface area contributed by atoms with Crippen LogP contribution in [0.3, 0.4) is 0 Å². The van der Waals surface area contributed by atoms with Crippen LogP contribution in [0, 0.1) is 0 Å². The predicted octanol–water partition coefficient (Wildman–Crippen LogP) is 6.22. The molecule has 2 rings (SSSR count). The molecule has 1 aromatic carbocycles. The van der Waals surface area contributed by atoms with E-state index in [2.05, 4.69) is 90.6 Å². The monoisotopic (exact) mass is 383 g/mol. The van der Waals surface area contributed by atoms with Crippen LogP contribution in [0.1, 0.15) is 45.2 Å². The van der Waals surface area contributed by atoms with E-state index in [1.54, 1.807) is 5.20 Å². The normalized spacial score (nSPS) is 14.7. The second-order valence-electron chi connectivity index (χ2n) is 9.61. The maximum Gasteiger partial charge on any atom is 0.126 e. The van der Waals surface area contributed by atoms with E-state index in [-0.39, 0.29) is 5.41 Å². The summed E-state index contributed by atoms with van der Waals surface area (Å²) in [6, 6.07) is 5.71. The highest BCUT2D eigenvalue weighted by atomic mass is 28.3. The summed E-state index contributed by atoms with van der Waals surface area (Å²) < 4.78 is 6.26. The molecule has 3 heteroatoms. The van der Waals surface area contributed by atoms with Crippen molar-refractivity contribution in [2.45, 2.75) is 58.7 Å². The van der Waals surface area contributed by atoms with Gasteiger partial charge in [0.05, 0.1) is 8.07 Å². The Hall–Kier alpha value is -1.74. The van der Waals surface area contributed by atoms with E-state index in [0.717, 1.165) is 18.2 Å². The molecule has 1 aliphatic rings. The van der Waals surface area contributed by atoms with Gasteiger partial charge in [0.2, 0.25) is 0 Å². The van der Waals surface area contributed by atoms with E-state index in [1.165, 1.54) is 22.4 Å². The van der Waals surface area contributed by atoms with Crippen LogP contribution in [0.15, 0.2) is 47.7 Å². The Morgan fingerprint density at radius 2 is 1.89 bits per heavy atom. The zero-order valence-corrected chi connectivity index (χ0v) is 19.6. The molecule has 0 unspecified atom stereocenters. The van der Waals surface area contributed by atoms with Gasteiger partial charge in [-0.1, -0.05) is 69.4 Å². The lowest BCUT2D eigenvalue weighted by Gasteiger charge is -2.31. The van der Waals surface area contributed by atoms with Crippen LogP contribution in [0.25, 0.3) is 0 Å². The van der Waals surface area contributed by atoms with Crippen molar-refractivity contribution in [3.63, 3.8) is 0 Å². The molecule has 0 N–H and O–H groups in total. The van der Waals surface area contributed by atoms with Crippen molar-refractivity contribution in [1.82, 2.24) is 0 Å². The minimum atomic E-state index is -1.58. The van der Waals surface area contributed by atoms with Gasteiger partial charge in [-0.05, 0) is 42.5 Å². The summed E-state index contributed by atoms with van der Waals surface area (Å²) in [5.74, 6) is 1.07. The van der Waals surface area contributed by atoms with Crippen molar-refractivity contribution in [3.8, 4) is 5.75 Å². The van der Waals surface area contributed by atoms with Gasteiger partial charge >= 0.3 is 0 Å². The van der Waals surface area contributed by atoms with Crippen LogP contribution in [-0.2, 0) is 11.5 Å². The minimum absolute atomic E-state index is 0.0216. The maximum atomic E-state index is 6.26. The molecule has 0 radical (unpaired) electrons. The lowest BCUT2D eigenvalue weighted by Crippen LogP contribution is -2.33. The molecule has 0 aliphatic heterocycles. The van der Waals surface area contributed by atoms with Gasteiger partial charge < -0.3 is 9.64 Å². The summed E-state index contributed by atoms with van der Waals surface area (Å²) >= 11 is 0. The smallest absolute Gasteiger partial charge is 0.126 e. The summed E-state index contributed by atoms with van der Waals surface area (Å²) in [5.41, 5.74) is 5.31. The summed E-state index contributed by atoms with van der Waals surface area (Å²) in [6.45, 7) is 18.4. The Morgan fingerprint density at radius 1 is 1.22 bits per heavy atom. The molecule has 0 saturated heterocycles. The largest absolute Gasteiger partial charge is 0.489 e. The van der Waals surface area contributed by atoms with Crippen LogP contribution in [0.5, 0.6) is 5.75 Å². The van der Waals surface area contributed by atoms with Crippen LogP contribution < -0.4 is 9.64 Å². The highest BCUT2D eigenvalue weighted by molar-refractivity contribution is 6.83. The van der Waals surface area contributed by atoms with Gasteiger partial charge in [-0.3, -0.25) is 0 Å². The quantitative estimate of drug-likeness (QED) is 0.409. The molecule has 0 atom stereocenters. The molecule has 1 aromatic rings. The van der Waals surface area contributed by atoms with E-state index in [9.17, 15) is 0 Å².